The summed E-state index contributed by atoms with van der Waals surface area (Å²) in [6.45, 7) is 3.40. The van der Waals surface area contributed by atoms with Crippen LogP contribution >= 0.6 is 23.5 Å². The molecule has 1 aliphatic heterocycles. The summed E-state index contributed by atoms with van der Waals surface area (Å²) < 4.78 is 55.4. The van der Waals surface area contributed by atoms with Crippen molar-refractivity contribution in [2.24, 2.45) is 5.92 Å². The Labute approximate surface area is 127 Å². The van der Waals surface area contributed by atoms with Crippen LogP contribution in [0, 0.1) is 5.92 Å². The molecule has 14 heteroatoms. The summed E-state index contributed by atoms with van der Waals surface area (Å²) in [6.07, 6.45) is 0.0436. The number of phosphoric ester groups is 2. The van der Waals surface area contributed by atoms with Crippen molar-refractivity contribution >= 4 is 23.5 Å². The maximum Gasteiger partial charge on any atom is 0.490 e. The van der Waals surface area contributed by atoms with Gasteiger partial charge in [0.1, 0.15) is 0 Å². The molecule has 0 aromatic carbocycles. The molecular formula is C8H19O11P3. The predicted molar refractivity (Wildman–Crippen MR) is 72.7 cm³/mol. The van der Waals surface area contributed by atoms with Crippen LogP contribution in [0.4, 0.5) is 0 Å². The first-order chi connectivity index (χ1) is 9.86. The van der Waals surface area contributed by atoms with Crippen molar-refractivity contribution in [3.63, 3.8) is 0 Å². The Morgan fingerprint density at radius 3 is 2.05 bits per heavy atom. The highest BCUT2D eigenvalue weighted by Crippen LogP contribution is 2.67. The Bertz CT molecular complexity index is 511. The van der Waals surface area contributed by atoms with Crippen LogP contribution in [-0.2, 0) is 36.1 Å². The van der Waals surface area contributed by atoms with Gasteiger partial charge in [-0.3, -0.25) is 9.05 Å². The van der Waals surface area contributed by atoms with Crippen LogP contribution < -0.4 is 0 Å². The lowest BCUT2D eigenvalue weighted by Crippen LogP contribution is -2.15. The second-order valence-corrected chi connectivity index (χ2v) is 9.46. The van der Waals surface area contributed by atoms with E-state index in [0.717, 1.165) is 7.11 Å². The number of hydrogen-bond donors (Lipinski definition) is 3. The third-order valence-corrected chi connectivity index (χ3v) is 7.15. The fourth-order valence-electron chi connectivity index (χ4n) is 1.72. The number of rotatable bonds is 8. The Morgan fingerprint density at radius 1 is 1.05 bits per heavy atom. The standard InChI is InChI=1S/C8H19O11P3/c1-6-4-8(17-7(6)2)5-16-21(11,12)19-22(13,14)18-20(9,10)15-3/h6-8H,4-5H2,1-3H3,(H,9,10)(H,11,12)(H,13,14)/t6-,7?,8?/m0/s1. The molecule has 5 unspecified atom stereocenters. The molecule has 0 aromatic rings. The van der Waals surface area contributed by atoms with Crippen molar-refractivity contribution in [2.45, 2.75) is 32.5 Å². The van der Waals surface area contributed by atoms with Crippen molar-refractivity contribution in [2.75, 3.05) is 13.7 Å². The first-order valence-corrected chi connectivity index (χ1v) is 10.6. The van der Waals surface area contributed by atoms with Gasteiger partial charge in [-0.15, -0.1) is 0 Å². The van der Waals surface area contributed by atoms with Gasteiger partial charge in [0.2, 0.25) is 0 Å². The smallest absolute Gasteiger partial charge is 0.373 e. The molecule has 0 aromatic heterocycles. The molecule has 0 aliphatic carbocycles. The maximum absolute atomic E-state index is 11.6. The van der Waals surface area contributed by atoms with Crippen LogP contribution in [0.25, 0.3) is 0 Å². The van der Waals surface area contributed by atoms with E-state index in [-0.39, 0.29) is 18.6 Å². The summed E-state index contributed by atoms with van der Waals surface area (Å²) >= 11 is 0. The first-order valence-electron chi connectivity index (χ1n) is 6.12. The fourth-order valence-corrected chi connectivity index (χ4v) is 5.00. The van der Waals surface area contributed by atoms with Crippen LogP contribution in [-0.4, -0.2) is 40.6 Å². The minimum atomic E-state index is -5.35. The van der Waals surface area contributed by atoms with E-state index in [0.29, 0.717) is 6.42 Å². The second-order valence-electron chi connectivity index (χ2n) is 4.72. The number of phosphoric acid groups is 3. The third kappa shape index (κ3) is 6.86. The molecule has 0 amide bonds. The highest BCUT2D eigenvalue weighted by molar-refractivity contribution is 7.66. The zero-order valence-corrected chi connectivity index (χ0v) is 14.8. The average molecular weight is 384 g/mol. The quantitative estimate of drug-likeness (QED) is 0.524. The fraction of sp³-hybridized carbons (Fsp3) is 1.00. The van der Waals surface area contributed by atoms with Crippen LogP contribution in [0.3, 0.4) is 0 Å². The van der Waals surface area contributed by atoms with Crippen LogP contribution in [0.1, 0.15) is 20.3 Å². The first kappa shape index (κ1) is 20.4. The minimum Gasteiger partial charge on any atom is -0.373 e. The highest BCUT2D eigenvalue weighted by atomic mass is 31.3. The Morgan fingerprint density at radius 2 is 1.59 bits per heavy atom. The van der Waals surface area contributed by atoms with E-state index in [4.69, 9.17) is 14.5 Å². The zero-order valence-electron chi connectivity index (χ0n) is 12.1. The number of ether oxygens (including phenoxy) is 1. The molecule has 0 radical (unpaired) electrons. The van der Waals surface area contributed by atoms with Crippen molar-refractivity contribution in [3.05, 3.63) is 0 Å². The van der Waals surface area contributed by atoms with E-state index < -0.39 is 29.6 Å². The Kier molecular flexibility index (Phi) is 6.97. The lowest BCUT2D eigenvalue weighted by Gasteiger charge is -2.18. The predicted octanol–water partition coefficient (Wildman–Crippen LogP) is 1.80. The van der Waals surface area contributed by atoms with Gasteiger partial charge in [0.25, 0.3) is 0 Å². The van der Waals surface area contributed by atoms with E-state index in [1.807, 2.05) is 13.8 Å². The summed E-state index contributed by atoms with van der Waals surface area (Å²) in [5.41, 5.74) is 0. The summed E-state index contributed by atoms with van der Waals surface area (Å²) in [7, 11) is -14.5. The summed E-state index contributed by atoms with van der Waals surface area (Å²) in [5.74, 6) is 0.224. The summed E-state index contributed by atoms with van der Waals surface area (Å²) in [5, 5.41) is 0. The van der Waals surface area contributed by atoms with Gasteiger partial charge >= 0.3 is 23.5 Å². The maximum atomic E-state index is 11.6. The van der Waals surface area contributed by atoms with Crippen LogP contribution in [0.5, 0.6) is 0 Å². The number of hydrogen-bond acceptors (Lipinski definition) is 8. The molecule has 6 atom stereocenters. The molecule has 1 saturated heterocycles. The molecule has 132 valence electrons. The van der Waals surface area contributed by atoms with E-state index >= 15 is 0 Å². The molecule has 1 rings (SSSR count). The third-order valence-electron chi connectivity index (χ3n) is 2.91. The topological polar surface area (TPSA) is 158 Å². The highest BCUT2D eigenvalue weighted by Gasteiger charge is 2.42. The van der Waals surface area contributed by atoms with Gasteiger partial charge in [0, 0.05) is 7.11 Å². The lowest BCUT2D eigenvalue weighted by atomic mass is 10.0. The Balaban J connectivity index is 2.54. The molecule has 1 aliphatic rings. The van der Waals surface area contributed by atoms with E-state index in [1.54, 1.807) is 0 Å². The van der Waals surface area contributed by atoms with Crippen molar-refractivity contribution in [1.29, 1.82) is 0 Å². The van der Waals surface area contributed by atoms with Gasteiger partial charge in [0.05, 0.1) is 18.8 Å². The van der Waals surface area contributed by atoms with E-state index in [9.17, 15) is 18.6 Å². The lowest BCUT2D eigenvalue weighted by molar-refractivity contribution is 0.0138. The molecule has 0 saturated carbocycles. The largest absolute Gasteiger partial charge is 0.490 e. The normalized spacial score (nSPS) is 33.8. The van der Waals surface area contributed by atoms with Gasteiger partial charge in [-0.25, -0.2) is 13.7 Å². The molecular weight excluding hydrogens is 365 g/mol. The molecule has 1 heterocycles. The monoisotopic (exact) mass is 384 g/mol. The zero-order chi connectivity index (χ0) is 17.2. The van der Waals surface area contributed by atoms with Gasteiger partial charge < -0.3 is 19.4 Å². The SMILES string of the molecule is COP(=O)(O)OP(=O)(O)OP(=O)(O)OCC1C[C@H](C)C(C)O1. The van der Waals surface area contributed by atoms with Crippen molar-refractivity contribution in [1.82, 2.24) is 0 Å². The van der Waals surface area contributed by atoms with E-state index in [1.165, 1.54) is 0 Å². The van der Waals surface area contributed by atoms with Crippen LogP contribution in [0.15, 0.2) is 0 Å². The summed E-state index contributed by atoms with van der Waals surface area (Å²) in [4.78, 5) is 27.4. The molecule has 22 heavy (non-hydrogen) atoms. The molecule has 3 N–H and O–H groups in total. The van der Waals surface area contributed by atoms with Crippen molar-refractivity contribution in [3.8, 4) is 0 Å². The molecule has 0 bridgehead atoms. The van der Waals surface area contributed by atoms with Gasteiger partial charge in [0.15, 0.2) is 0 Å². The molecule has 11 nitrogen and oxygen atoms in total. The Hall–Kier alpha value is 0.370. The summed E-state index contributed by atoms with van der Waals surface area (Å²) in [6, 6.07) is 0. The van der Waals surface area contributed by atoms with E-state index in [2.05, 4.69) is 17.7 Å². The minimum absolute atomic E-state index is 0.0538. The van der Waals surface area contributed by atoms with Gasteiger partial charge in [-0.05, 0) is 19.3 Å². The molecule has 1 fully saturated rings. The van der Waals surface area contributed by atoms with Crippen molar-refractivity contribution < 1.29 is 50.8 Å². The van der Waals surface area contributed by atoms with Gasteiger partial charge in [-0.2, -0.15) is 8.62 Å². The van der Waals surface area contributed by atoms with Crippen LogP contribution in [0.2, 0.25) is 0 Å². The second kappa shape index (κ2) is 7.51. The van der Waals surface area contributed by atoms with Gasteiger partial charge in [-0.1, -0.05) is 6.92 Å². The average Bonchev–Trinajstić information content (AvgIpc) is 2.64. The molecule has 0 spiro atoms.